The summed E-state index contributed by atoms with van der Waals surface area (Å²) in [6.07, 6.45) is 0. The number of likely N-dealkylation sites (N-methyl/N-ethyl adjacent to an activating group) is 1. The van der Waals surface area contributed by atoms with Crippen molar-refractivity contribution in [3.8, 4) is 5.75 Å². The van der Waals surface area contributed by atoms with E-state index in [0.717, 1.165) is 11.3 Å². The summed E-state index contributed by atoms with van der Waals surface area (Å²) in [6, 6.07) is 15.7. The Kier molecular flexibility index (Phi) is 6.56. The summed E-state index contributed by atoms with van der Waals surface area (Å²) in [5, 5.41) is 2.81. The van der Waals surface area contributed by atoms with Gasteiger partial charge in [0.2, 0.25) is 5.91 Å². The van der Waals surface area contributed by atoms with Crippen LogP contribution in [-0.4, -0.2) is 37.6 Å². The fourth-order valence-electron chi connectivity index (χ4n) is 2.02. The number of hydrogen-bond acceptors (Lipinski definition) is 3. The number of nitrogens with zero attached hydrogens (tertiary/aromatic N) is 1. The molecule has 1 N–H and O–H groups in total. The van der Waals surface area contributed by atoms with Gasteiger partial charge >= 0.3 is 0 Å². The maximum absolute atomic E-state index is 12.8. The minimum atomic E-state index is -0.279. The second kappa shape index (κ2) is 8.90. The molecule has 0 bridgehead atoms. The Labute approximate surface area is 135 Å². The molecule has 0 saturated heterocycles. The largest absolute Gasteiger partial charge is 0.492 e. The van der Waals surface area contributed by atoms with E-state index in [1.165, 1.54) is 12.1 Å². The molecule has 0 aliphatic rings. The predicted octanol–water partition coefficient (Wildman–Crippen LogP) is 2.45. The molecule has 0 atom stereocenters. The molecule has 0 aliphatic heterocycles. The van der Waals surface area contributed by atoms with Crippen molar-refractivity contribution in [2.24, 2.45) is 0 Å². The number of para-hydroxylation sites is 1. The maximum Gasteiger partial charge on any atom is 0.234 e. The molecule has 0 radical (unpaired) electrons. The fraction of sp³-hybridized carbons (Fsp3) is 0.278. The standard InChI is InChI=1S/C18H21FN2O2/c1-21(11-12-23-17-5-3-2-4-6-17)14-18(22)20-13-15-7-9-16(19)10-8-15/h2-10H,11-14H2,1H3,(H,20,22). The van der Waals surface area contributed by atoms with Crippen LogP contribution >= 0.6 is 0 Å². The fourth-order valence-corrected chi connectivity index (χ4v) is 2.02. The number of ether oxygens (including phenoxy) is 1. The number of benzene rings is 2. The van der Waals surface area contributed by atoms with E-state index in [-0.39, 0.29) is 11.7 Å². The molecule has 2 aromatic rings. The SMILES string of the molecule is CN(CCOc1ccccc1)CC(=O)NCc1ccc(F)cc1. The van der Waals surface area contributed by atoms with Crippen LogP contribution in [-0.2, 0) is 11.3 Å². The average molecular weight is 316 g/mol. The second-order valence-electron chi connectivity index (χ2n) is 5.30. The first kappa shape index (κ1) is 17.0. The summed E-state index contributed by atoms with van der Waals surface area (Å²) in [6.45, 7) is 1.86. The van der Waals surface area contributed by atoms with Gasteiger partial charge in [0, 0.05) is 13.1 Å². The Morgan fingerprint density at radius 1 is 1.13 bits per heavy atom. The molecule has 2 aromatic carbocycles. The van der Waals surface area contributed by atoms with Gasteiger partial charge in [0.05, 0.1) is 6.54 Å². The van der Waals surface area contributed by atoms with E-state index in [2.05, 4.69) is 5.32 Å². The van der Waals surface area contributed by atoms with Crippen LogP contribution in [0.2, 0.25) is 0 Å². The predicted molar refractivity (Wildman–Crippen MR) is 87.7 cm³/mol. The molecule has 0 unspecified atom stereocenters. The zero-order chi connectivity index (χ0) is 16.5. The van der Waals surface area contributed by atoms with Gasteiger partial charge in [-0.1, -0.05) is 30.3 Å². The molecule has 0 aliphatic carbocycles. The van der Waals surface area contributed by atoms with Crippen molar-refractivity contribution in [1.29, 1.82) is 0 Å². The number of halogens is 1. The Hall–Kier alpha value is -2.40. The minimum absolute atomic E-state index is 0.0727. The van der Waals surface area contributed by atoms with Gasteiger partial charge in [0.15, 0.2) is 0 Å². The van der Waals surface area contributed by atoms with Gasteiger partial charge < -0.3 is 10.1 Å². The number of amides is 1. The van der Waals surface area contributed by atoms with Gasteiger partial charge in [0.25, 0.3) is 0 Å². The topological polar surface area (TPSA) is 41.6 Å². The number of carbonyl (C=O) groups is 1. The number of carbonyl (C=O) groups excluding carboxylic acids is 1. The van der Waals surface area contributed by atoms with Crippen molar-refractivity contribution < 1.29 is 13.9 Å². The highest BCUT2D eigenvalue weighted by atomic mass is 19.1. The molecule has 0 heterocycles. The lowest BCUT2D eigenvalue weighted by atomic mass is 10.2. The Bertz CT molecular complexity index is 602. The van der Waals surface area contributed by atoms with Crippen molar-refractivity contribution in [1.82, 2.24) is 10.2 Å². The van der Waals surface area contributed by atoms with Crippen LogP contribution in [0.25, 0.3) is 0 Å². The van der Waals surface area contributed by atoms with Gasteiger partial charge in [-0.25, -0.2) is 4.39 Å². The number of hydrogen-bond donors (Lipinski definition) is 1. The average Bonchev–Trinajstić information content (AvgIpc) is 2.55. The van der Waals surface area contributed by atoms with E-state index in [0.29, 0.717) is 26.2 Å². The quantitative estimate of drug-likeness (QED) is 0.813. The summed E-state index contributed by atoms with van der Waals surface area (Å²) >= 11 is 0. The molecule has 5 heteroatoms. The normalized spacial score (nSPS) is 10.6. The third kappa shape index (κ3) is 6.48. The van der Waals surface area contributed by atoms with Gasteiger partial charge in [-0.15, -0.1) is 0 Å². The summed E-state index contributed by atoms with van der Waals surface area (Å²) < 4.78 is 18.4. The molecule has 0 fully saturated rings. The molecule has 0 aromatic heterocycles. The van der Waals surface area contributed by atoms with E-state index in [4.69, 9.17) is 4.74 Å². The van der Waals surface area contributed by atoms with E-state index in [9.17, 15) is 9.18 Å². The first-order valence-electron chi connectivity index (χ1n) is 7.51. The van der Waals surface area contributed by atoms with E-state index in [1.807, 2.05) is 42.3 Å². The van der Waals surface area contributed by atoms with Crippen molar-refractivity contribution in [2.75, 3.05) is 26.7 Å². The highest BCUT2D eigenvalue weighted by Crippen LogP contribution is 2.07. The maximum atomic E-state index is 12.8. The molecule has 1 amide bonds. The van der Waals surface area contributed by atoms with Gasteiger partial charge in [-0.2, -0.15) is 0 Å². The lowest BCUT2D eigenvalue weighted by Crippen LogP contribution is -2.36. The van der Waals surface area contributed by atoms with E-state index < -0.39 is 0 Å². The molecular weight excluding hydrogens is 295 g/mol. The monoisotopic (exact) mass is 316 g/mol. The van der Waals surface area contributed by atoms with Gasteiger partial charge in [-0.05, 0) is 36.9 Å². The summed E-state index contributed by atoms with van der Waals surface area (Å²) in [4.78, 5) is 13.8. The zero-order valence-corrected chi connectivity index (χ0v) is 13.2. The molecule has 0 spiro atoms. The number of nitrogens with one attached hydrogen (secondary N) is 1. The molecular formula is C18H21FN2O2. The third-order valence-corrected chi connectivity index (χ3v) is 3.30. The summed E-state index contributed by atoms with van der Waals surface area (Å²) in [5.41, 5.74) is 0.870. The summed E-state index contributed by atoms with van der Waals surface area (Å²) in [7, 11) is 1.87. The van der Waals surface area contributed by atoms with Gasteiger partial charge in [-0.3, -0.25) is 9.69 Å². The smallest absolute Gasteiger partial charge is 0.234 e. The van der Waals surface area contributed by atoms with Crippen LogP contribution in [0, 0.1) is 5.82 Å². The van der Waals surface area contributed by atoms with Crippen LogP contribution in [0.5, 0.6) is 5.75 Å². The molecule has 0 saturated carbocycles. The van der Waals surface area contributed by atoms with E-state index in [1.54, 1.807) is 12.1 Å². The minimum Gasteiger partial charge on any atom is -0.492 e. The second-order valence-corrected chi connectivity index (χ2v) is 5.30. The van der Waals surface area contributed by atoms with Crippen molar-refractivity contribution in [3.63, 3.8) is 0 Å². The summed E-state index contributed by atoms with van der Waals surface area (Å²) in [5.74, 6) is 0.469. The first-order valence-corrected chi connectivity index (χ1v) is 7.51. The van der Waals surface area contributed by atoms with Gasteiger partial charge in [0.1, 0.15) is 18.2 Å². The van der Waals surface area contributed by atoms with Crippen LogP contribution in [0.1, 0.15) is 5.56 Å². The first-order chi connectivity index (χ1) is 11.1. The number of rotatable bonds is 8. The van der Waals surface area contributed by atoms with Crippen molar-refractivity contribution in [3.05, 3.63) is 66.0 Å². The van der Waals surface area contributed by atoms with Crippen LogP contribution in [0.15, 0.2) is 54.6 Å². The Balaban J connectivity index is 1.63. The third-order valence-electron chi connectivity index (χ3n) is 3.30. The van der Waals surface area contributed by atoms with Crippen LogP contribution in [0.3, 0.4) is 0 Å². The molecule has 2 rings (SSSR count). The lowest BCUT2D eigenvalue weighted by Gasteiger charge is -2.16. The highest BCUT2D eigenvalue weighted by Gasteiger charge is 2.06. The van der Waals surface area contributed by atoms with Crippen molar-refractivity contribution in [2.45, 2.75) is 6.54 Å². The van der Waals surface area contributed by atoms with Crippen LogP contribution < -0.4 is 10.1 Å². The lowest BCUT2D eigenvalue weighted by molar-refractivity contribution is -0.122. The van der Waals surface area contributed by atoms with E-state index >= 15 is 0 Å². The van der Waals surface area contributed by atoms with Crippen LogP contribution in [0.4, 0.5) is 4.39 Å². The Morgan fingerprint density at radius 3 is 2.52 bits per heavy atom. The Morgan fingerprint density at radius 2 is 1.83 bits per heavy atom. The van der Waals surface area contributed by atoms with Crippen molar-refractivity contribution >= 4 is 5.91 Å². The highest BCUT2D eigenvalue weighted by molar-refractivity contribution is 5.77. The molecule has 23 heavy (non-hydrogen) atoms. The zero-order valence-electron chi connectivity index (χ0n) is 13.2. The molecule has 4 nitrogen and oxygen atoms in total. The molecule has 122 valence electrons.